The molecule has 0 amide bonds. The highest BCUT2D eigenvalue weighted by atomic mass is 79.9. The number of likely N-dealkylation sites (N-methyl/N-ethyl adjacent to an activating group) is 1. The predicted molar refractivity (Wildman–Crippen MR) is 185 cm³/mol. The molecule has 9 nitrogen and oxygen atoms in total. The summed E-state index contributed by atoms with van der Waals surface area (Å²) in [5.41, 5.74) is 8.24. The van der Waals surface area contributed by atoms with Crippen LogP contribution >= 0.6 is 15.9 Å². The van der Waals surface area contributed by atoms with Gasteiger partial charge in [0, 0.05) is 93.2 Å². The van der Waals surface area contributed by atoms with Crippen LogP contribution in [0.1, 0.15) is 39.7 Å². The Bertz CT molecular complexity index is 1570. The second-order valence-corrected chi connectivity index (χ2v) is 13.6. The molecule has 0 radical (unpaired) electrons. The Balaban J connectivity index is 0.000000133. The van der Waals surface area contributed by atoms with Crippen LogP contribution in [-0.2, 0) is 29.8 Å². The van der Waals surface area contributed by atoms with Crippen LogP contribution in [-0.4, -0.2) is 71.6 Å². The lowest BCUT2D eigenvalue weighted by Crippen LogP contribution is -2.41. The number of aromatic nitrogens is 4. The van der Waals surface area contributed by atoms with Crippen molar-refractivity contribution in [1.29, 1.82) is 0 Å². The number of para-hydroxylation sites is 2. The van der Waals surface area contributed by atoms with Gasteiger partial charge < -0.3 is 24.4 Å². The quantitative estimate of drug-likeness (QED) is 0.285. The summed E-state index contributed by atoms with van der Waals surface area (Å²) in [5.74, 6) is 0. The Labute approximate surface area is 270 Å². The number of hydrogen-bond acceptors (Lipinski definition) is 7. The summed E-state index contributed by atoms with van der Waals surface area (Å²) in [6.07, 6.45) is 10.2. The first-order valence-electron chi connectivity index (χ1n) is 15.3. The number of aryl methyl sites for hydroxylation is 3. The van der Waals surface area contributed by atoms with Crippen LogP contribution in [0.3, 0.4) is 0 Å². The third-order valence-corrected chi connectivity index (χ3v) is 9.48. The lowest BCUT2D eigenvalue weighted by molar-refractivity contribution is 0.00578. The van der Waals surface area contributed by atoms with Gasteiger partial charge in [0.05, 0.1) is 28.8 Å². The minimum Gasteiger partial charge on any atom is -0.399 e. The molecule has 0 saturated carbocycles. The molecule has 1 N–H and O–H groups in total. The van der Waals surface area contributed by atoms with Gasteiger partial charge in [0.2, 0.25) is 0 Å². The monoisotopic (exact) mass is 661 g/mol. The molecule has 3 aliphatic rings. The second kappa shape index (κ2) is 13.0. The normalized spacial score (nSPS) is 17.9. The lowest BCUT2D eigenvalue weighted by atomic mass is 9.82. The molecule has 234 valence electrons. The number of halogens is 1. The molecule has 0 spiro atoms. The highest BCUT2D eigenvalue weighted by molar-refractivity contribution is 9.10. The maximum atomic E-state index is 5.89. The van der Waals surface area contributed by atoms with E-state index in [0.29, 0.717) is 0 Å². The Morgan fingerprint density at radius 3 is 2.11 bits per heavy atom. The highest BCUT2D eigenvalue weighted by Crippen LogP contribution is 2.38. The first-order valence-corrected chi connectivity index (χ1v) is 16.1. The van der Waals surface area contributed by atoms with E-state index in [1.807, 2.05) is 58.9 Å². The average Bonchev–Trinajstić information content (AvgIpc) is 3.66. The molecule has 3 aliphatic heterocycles. The summed E-state index contributed by atoms with van der Waals surface area (Å²) in [6, 6.07) is 12.8. The van der Waals surface area contributed by atoms with Gasteiger partial charge in [-0.25, -0.2) is 0 Å². The minimum absolute atomic E-state index is 0.284. The fourth-order valence-corrected chi connectivity index (χ4v) is 6.38. The van der Waals surface area contributed by atoms with Gasteiger partial charge >= 0.3 is 7.12 Å². The molecule has 0 unspecified atom stereocenters. The van der Waals surface area contributed by atoms with Crippen molar-refractivity contribution in [2.45, 2.75) is 51.7 Å². The smallest absolute Gasteiger partial charge is 0.399 e. The van der Waals surface area contributed by atoms with E-state index in [2.05, 4.69) is 97.9 Å². The van der Waals surface area contributed by atoms with Gasteiger partial charge in [-0.05, 0) is 74.2 Å². The van der Waals surface area contributed by atoms with Crippen molar-refractivity contribution in [2.75, 3.05) is 48.8 Å². The molecule has 0 atom stereocenters. The molecule has 0 bridgehead atoms. The van der Waals surface area contributed by atoms with Gasteiger partial charge in [-0.1, -0.05) is 24.3 Å². The number of nitrogens with zero attached hydrogens (tertiary/aromatic N) is 6. The fraction of sp³-hybridized carbons (Fsp3) is 0.455. The molecule has 4 aromatic rings. The Morgan fingerprint density at radius 1 is 0.818 bits per heavy atom. The van der Waals surface area contributed by atoms with Gasteiger partial charge in [-0.2, -0.15) is 10.2 Å². The molecule has 2 aromatic carbocycles. The molecule has 44 heavy (non-hydrogen) atoms. The van der Waals surface area contributed by atoms with E-state index in [1.165, 1.54) is 46.6 Å². The summed E-state index contributed by atoms with van der Waals surface area (Å²) < 4.78 is 16.5. The van der Waals surface area contributed by atoms with Crippen LogP contribution < -0.4 is 20.6 Å². The van der Waals surface area contributed by atoms with Gasteiger partial charge in [-0.3, -0.25) is 9.36 Å². The molecule has 1 saturated heterocycles. The summed E-state index contributed by atoms with van der Waals surface area (Å²) >= 11 is 3.54. The standard InChI is InChI=1S/C14H17N3.C10H17BN2O2.C9H11BrN2/c1-16-8-4-6-11-5-3-7-13(14(11)16)12-9-15-17(2)10-12;1-9(2)10(3,4)15-11(14-9)8-6-12-13(5)7-8;1-12-6-5-11-8-4-2-3-7(10)9(8)12/h3,5,7,9-10H,4,6,8H2,1-2H3;6-7H,1-5H3;2-4,11H,5-6H2,1H3. The van der Waals surface area contributed by atoms with E-state index >= 15 is 0 Å². The number of hydrogen-bond donors (Lipinski definition) is 1. The summed E-state index contributed by atoms with van der Waals surface area (Å²) in [6.45, 7) is 11.4. The maximum absolute atomic E-state index is 5.89. The van der Waals surface area contributed by atoms with Crippen molar-refractivity contribution in [3.05, 3.63) is 71.2 Å². The van der Waals surface area contributed by atoms with E-state index in [0.717, 1.165) is 29.6 Å². The minimum atomic E-state index is -0.302. The fourth-order valence-electron chi connectivity index (χ4n) is 5.71. The van der Waals surface area contributed by atoms with Crippen molar-refractivity contribution in [1.82, 2.24) is 19.6 Å². The van der Waals surface area contributed by atoms with Crippen LogP contribution in [0, 0.1) is 0 Å². The Hall–Kier alpha value is -3.28. The zero-order chi connectivity index (χ0) is 31.6. The number of fused-ring (bicyclic) bond motifs is 2. The van der Waals surface area contributed by atoms with Gasteiger partial charge in [-0.15, -0.1) is 0 Å². The summed E-state index contributed by atoms with van der Waals surface area (Å²) in [7, 11) is 7.84. The molecule has 0 aliphatic carbocycles. The van der Waals surface area contributed by atoms with Gasteiger partial charge in [0.15, 0.2) is 0 Å². The van der Waals surface area contributed by atoms with Crippen molar-refractivity contribution in [2.24, 2.45) is 14.1 Å². The highest BCUT2D eigenvalue weighted by Gasteiger charge is 2.52. The lowest BCUT2D eigenvalue weighted by Gasteiger charge is -2.32. The largest absolute Gasteiger partial charge is 0.498 e. The van der Waals surface area contributed by atoms with Crippen molar-refractivity contribution < 1.29 is 9.31 Å². The number of nitrogens with one attached hydrogen (secondary N) is 1. The SMILES string of the molecule is CN1CCCc2cccc(-c3cnn(C)c3)c21.CN1CCNc2cccc(Br)c21.Cn1cc(B2OC(C)(C)C(C)(C)O2)cn1. The first-order chi connectivity index (χ1) is 20.9. The van der Waals surface area contributed by atoms with E-state index < -0.39 is 0 Å². The van der Waals surface area contributed by atoms with Crippen LogP contribution in [0.25, 0.3) is 11.1 Å². The third-order valence-electron chi connectivity index (χ3n) is 8.84. The van der Waals surface area contributed by atoms with Crippen molar-refractivity contribution >= 4 is 45.6 Å². The zero-order valence-electron chi connectivity index (χ0n) is 27.3. The molecule has 5 heterocycles. The molecule has 1 fully saturated rings. The van der Waals surface area contributed by atoms with E-state index in [1.54, 1.807) is 10.9 Å². The van der Waals surface area contributed by atoms with Crippen LogP contribution in [0.4, 0.5) is 17.1 Å². The average molecular weight is 662 g/mol. The molecular weight excluding hydrogens is 617 g/mol. The van der Waals surface area contributed by atoms with Crippen molar-refractivity contribution in [3.8, 4) is 11.1 Å². The molecule has 11 heteroatoms. The Morgan fingerprint density at radius 2 is 1.48 bits per heavy atom. The van der Waals surface area contributed by atoms with E-state index in [-0.39, 0.29) is 18.3 Å². The third kappa shape index (κ3) is 6.85. The van der Waals surface area contributed by atoms with Crippen LogP contribution in [0.5, 0.6) is 0 Å². The van der Waals surface area contributed by atoms with Crippen molar-refractivity contribution in [3.63, 3.8) is 0 Å². The van der Waals surface area contributed by atoms with E-state index in [9.17, 15) is 0 Å². The second-order valence-electron chi connectivity index (χ2n) is 12.8. The predicted octanol–water partition coefficient (Wildman–Crippen LogP) is 5.50. The van der Waals surface area contributed by atoms with E-state index in [4.69, 9.17) is 9.31 Å². The molecular formula is C33H45BBrN7O2. The number of anilines is 3. The summed E-state index contributed by atoms with van der Waals surface area (Å²) in [5, 5.41) is 11.7. The number of benzene rings is 2. The first kappa shape index (κ1) is 32.1. The van der Waals surface area contributed by atoms with Crippen LogP contribution in [0.2, 0.25) is 0 Å². The molecule has 2 aromatic heterocycles. The van der Waals surface area contributed by atoms with Crippen LogP contribution in [0.15, 0.2) is 65.7 Å². The topological polar surface area (TPSA) is 72.6 Å². The zero-order valence-corrected chi connectivity index (χ0v) is 28.9. The Kier molecular flexibility index (Phi) is 9.48. The molecule has 7 rings (SSSR count). The van der Waals surface area contributed by atoms with Gasteiger partial charge in [0.1, 0.15) is 0 Å². The number of rotatable bonds is 2. The summed E-state index contributed by atoms with van der Waals surface area (Å²) in [4.78, 5) is 4.62. The van der Waals surface area contributed by atoms with Gasteiger partial charge in [0.25, 0.3) is 0 Å². The maximum Gasteiger partial charge on any atom is 0.498 e.